The molecule has 2 atom stereocenters. The second kappa shape index (κ2) is 16.6. The molecule has 0 aromatic rings. The summed E-state index contributed by atoms with van der Waals surface area (Å²) in [5, 5.41) is 0. The Morgan fingerprint density at radius 1 is 0.950 bits per heavy atom. The Bertz CT molecular complexity index is 1010. The van der Waals surface area contributed by atoms with Gasteiger partial charge in [0, 0.05) is 5.92 Å². The molecule has 2 aliphatic carbocycles. The Balaban J connectivity index is 1.68. The summed E-state index contributed by atoms with van der Waals surface area (Å²) in [6.45, 7) is 23.6. The normalized spacial score (nSPS) is 23.3. The van der Waals surface area contributed by atoms with E-state index in [4.69, 9.17) is 0 Å². The van der Waals surface area contributed by atoms with E-state index in [-0.39, 0.29) is 0 Å². The van der Waals surface area contributed by atoms with Crippen LogP contribution in [0.5, 0.6) is 0 Å². The maximum atomic E-state index is 2.47. The zero-order valence-corrected chi connectivity index (χ0v) is 28.3. The van der Waals surface area contributed by atoms with Gasteiger partial charge in [-0.2, -0.15) is 0 Å². The van der Waals surface area contributed by atoms with Crippen LogP contribution in [0.1, 0.15) is 146 Å². The third-order valence-corrected chi connectivity index (χ3v) is 9.82. The minimum absolute atomic E-state index is 0.360. The molecule has 2 aliphatic rings. The molecule has 0 radical (unpaired) electrons. The van der Waals surface area contributed by atoms with Gasteiger partial charge in [-0.15, -0.1) is 0 Å². The summed E-state index contributed by atoms with van der Waals surface area (Å²) in [5.41, 5.74) is 10.0. The summed E-state index contributed by atoms with van der Waals surface area (Å²) in [4.78, 5) is 0. The van der Waals surface area contributed by atoms with E-state index < -0.39 is 0 Å². The molecule has 0 bridgehead atoms. The molecule has 0 fully saturated rings. The van der Waals surface area contributed by atoms with E-state index in [1.807, 2.05) is 0 Å². The molecular formula is C40H64. The first-order valence-electron chi connectivity index (χ1n) is 16.5. The van der Waals surface area contributed by atoms with Crippen molar-refractivity contribution in [2.75, 3.05) is 0 Å². The molecule has 0 heteroatoms. The van der Waals surface area contributed by atoms with Crippen molar-refractivity contribution in [2.24, 2.45) is 22.7 Å². The Kier molecular flexibility index (Phi) is 14.3. The predicted molar refractivity (Wildman–Crippen MR) is 182 cm³/mol. The Labute approximate surface area is 250 Å². The molecule has 0 N–H and O–H groups in total. The van der Waals surface area contributed by atoms with Crippen LogP contribution in [0.4, 0.5) is 0 Å². The van der Waals surface area contributed by atoms with Crippen molar-refractivity contribution in [3.63, 3.8) is 0 Å². The molecular weight excluding hydrogens is 480 g/mol. The lowest BCUT2D eigenvalue weighted by atomic mass is 9.68. The molecule has 0 aliphatic heterocycles. The van der Waals surface area contributed by atoms with E-state index >= 15 is 0 Å². The summed E-state index contributed by atoms with van der Waals surface area (Å²) >= 11 is 0. The van der Waals surface area contributed by atoms with Gasteiger partial charge in [0.15, 0.2) is 0 Å². The summed E-state index contributed by atoms with van der Waals surface area (Å²) in [5.74, 6) is 1.38. The maximum Gasteiger partial charge on any atom is 0.00285 e. The van der Waals surface area contributed by atoms with Crippen LogP contribution < -0.4 is 0 Å². The Morgan fingerprint density at radius 3 is 2.38 bits per heavy atom. The third kappa shape index (κ3) is 12.0. The fourth-order valence-electron chi connectivity index (χ4n) is 6.94. The number of rotatable bonds is 14. The highest BCUT2D eigenvalue weighted by atomic mass is 14.4. The lowest BCUT2D eigenvalue weighted by Crippen LogP contribution is -2.26. The van der Waals surface area contributed by atoms with Crippen LogP contribution in [-0.4, -0.2) is 0 Å². The monoisotopic (exact) mass is 545 g/mol. The van der Waals surface area contributed by atoms with E-state index in [9.17, 15) is 0 Å². The number of allylic oxidation sites excluding steroid dienone is 14. The largest absolute Gasteiger partial charge is 0.0853 e. The zero-order chi connectivity index (χ0) is 29.8. The summed E-state index contributed by atoms with van der Waals surface area (Å²) in [7, 11) is 0. The zero-order valence-electron chi connectivity index (χ0n) is 28.3. The summed E-state index contributed by atoms with van der Waals surface area (Å²) < 4.78 is 0. The van der Waals surface area contributed by atoms with Crippen molar-refractivity contribution in [2.45, 2.75) is 146 Å². The first-order chi connectivity index (χ1) is 18.8. The van der Waals surface area contributed by atoms with Crippen LogP contribution >= 0.6 is 0 Å². The van der Waals surface area contributed by atoms with Crippen molar-refractivity contribution in [1.82, 2.24) is 0 Å². The van der Waals surface area contributed by atoms with Gasteiger partial charge in [0.1, 0.15) is 0 Å². The van der Waals surface area contributed by atoms with Crippen LogP contribution in [0.25, 0.3) is 0 Å². The standard InChI is InChI=1S/C40H64/c1-31(19-13-21-33(3)25-27-37-35(5)23-15-29-39(37,7)8)17-11-12-18-32(2)20-14-22-34(4)26-28-38-36(6)24-16-30-40(38,9)10/h13,17-19,21,23,25,27,34,37H,11-12,14-16,20,22,24,26,28-30H2,1-10H3/b19-13+,27-25+,31-17+,32-18+,33-21+/t34?,37-/m0/s1. The SMILES string of the molecule is CC1=CCCC(C)(C)[C@H]1/C=C/C(C)=C/C=C/C(C)=C/CC/C=C(\C)CCCC(C)CCC1=C(C)CCCC1(C)C. The molecule has 0 saturated carbocycles. The highest BCUT2D eigenvalue weighted by molar-refractivity contribution is 5.29. The lowest BCUT2D eigenvalue weighted by Gasteiger charge is -2.36. The van der Waals surface area contributed by atoms with Gasteiger partial charge >= 0.3 is 0 Å². The molecule has 0 aromatic heterocycles. The van der Waals surface area contributed by atoms with Crippen molar-refractivity contribution in [1.29, 1.82) is 0 Å². The van der Waals surface area contributed by atoms with Gasteiger partial charge in [0.25, 0.3) is 0 Å². The van der Waals surface area contributed by atoms with Gasteiger partial charge in [0.05, 0.1) is 0 Å². The summed E-state index contributed by atoms with van der Waals surface area (Å²) in [6, 6.07) is 0. The van der Waals surface area contributed by atoms with Crippen LogP contribution in [0, 0.1) is 22.7 Å². The predicted octanol–water partition coefficient (Wildman–Crippen LogP) is 13.2. The van der Waals surface area contributed by atoms with Crippen LogP contribution in [0.2, 0.25) is 0 Å². The van der Waals surface area contributed by atoms with Gasteiger partial charge in [-0.25, -0.2) is 0 Å². The van der Waals surface area contributed by atoms with Crippen molar-refractivity contribution < 1.29 is 0 Å². The van der Waals surface area contributed by atoms with Gasteiger partial charge in [0.2, 0.25) is 0 Å². The van der Waals surface area contributed by atoms with Gasteiger partial charge < -0.3 is 0 Å². The van der Waals surface area contributed by atoms with E-state index in [0.717, 1.165) is 18.8 Å². The van der Waals surface area contributed by atoms with E-state index in [1.165, 1.54) is 80.9 Å². The van der Waals surface area contributed by atoms with Crippen LogP contribution in [0.3, 0.4) is 0 Å². The Hall–Kier alpha value is -1.82. The molecule has 0 nitrogen and oxygen atoms in total. The minimum atomic E-state index is 0.360. The molecule has 0 aromatic carbocycles. The molecule has 1 unspecified atom stereocenters. The highest BCUT2D eigenvalue weighted by Gasteiger charge is 2.30. The van der Waals surface area contributed by atoms with Crippen LogP contribution in [-0.2, 0) is 0 Å². The topological polar surface area (TPSA) is 0 Å². The number of hydrogen-bond acceptors (Lipinski definition) is 0. The quantitative estimate of drug-likeness (QED) is 0.116. The maximum absolute atomic E-state index is 2.47. The van der Waals surface area contributed by atoms with Gasteiger partial charge in [-0.1, -0.05) is 123 Å². The highest BCUT2D eigenvalue weighted by Crippen LogP contribution is 2.43. The van der Waals surface area contributed by atoms with Gasteiger partial charge in [-0.05, 0) is 122 Å². The fraction of sp³-hybridized carbons (Fsp3) is 0.650. The molecule has 0 amide bonds. The van der Waals surface area contributed by atoms with E-state index in [0.29, 0.717) is 16.7 Å². The molecule has 40 heavy (non-hydrogen) atoms. The van der Waals surface area contributed by atoms with E-state index in [1.54, 1.807) is 16.7 Å². The van der Waals surface area contributed by atoms with Crippen LogP contribution in [0.15, 0.2) is 82.0 Å². The minimum Gasteiger partial charge on any atom is -0.0853 e. The van der Waals surface area contributed by atoms with Crippen molar-refractivity contribution >= 4 is 0 Å². The average Bonchev–Trinajstić information content (AvgIpc) is 2.85. The first kappa shape index (κ1) is 34.4. The average molecular weight is 545 g/mol. The third-order valence-electron chi connectivity index (χ3n) is 9.82. The first-order valence-corrected chi connectivity index (χ1v) is 16.5. The molecule has 2 rings (SSSR count). The van der Waals surface area contributed by atoms with Crippen molar-refractivity contribution in [3.8, 4) is 0 Å². The fourth-order valence-corrected chi connectivity index (χ4v) is 6.94. The second-order valence-electron chi connectivity index (χ2n) is 14.7. The number of hydrogen-bond donors (Lipinski definition) is 0. The lowest BCUT2D eigenvalue weighted by molar-refractivity contribution is 0.255. The number of unbranched alkanes of at least 4 members (excludes halogenated alkanes) is 1. The van der Waals surface area contributed by atoms with Gasteiger partial charge in [-0.3, -0.25) is 0 Å². The Morgan fingerprint density at radius 2 is 1.68 bits per heavy atom. The molecule has 0 saturated heterocycles. The summed E-state index contributed by atoms with van der Waals surface area (Å²) in [6.07, 6.45) is 34.1. The molecule has 0 spiro atoms. The van der Waals surface area contributed by atoms with E-state index in [2.05, 4.69) is 118 Å². The smallest absolute Gasteiger partial charge is 0.00285 e. The molecule has 224 valence electrons. The van der Waals surface area contributed by atoms with Crippen molar-refractivity contribution in [3.05, 3.63) is 82.0 Å². The molecule has 0 heterocycles. The second-order valence-corrected chi connectivity index (χ2v) is 14.7.